The Bertz CT molecular complexity index is 913. The van der Waals surface area contributed by atoms with E-state index in [1.165, 1.54) is 0 Å². The van der Waals surface area contributed by atoms with E-state index in [2.05, 4.69) is 20.0 Å². The van der Waals surface area contributed by atoms with Crippen molar-refractivity contribution < 1.29 is 18.8 Å². The first-order valence-electron chi connectivity index (χ1n) is 11.0. The Morgan fingerprint density at radius 1 is 1.16 bits per heavy atom. The number of esters is 1. The predicted octanol–water partition coefficient (Wildman–Crippen LogP) is 2.46. The smallest absolute Gasteiger partial charge is 0.310 e. The number of amides is 1. The van der Waals surface area contributed by atoms with Crippen LogP contribution in [0.2, 0.25) is 0 Å². The lowest BCUT2D eigenvalue weighted by atomic mass is 9.93. The number of aromatic nitrogens is 3. The number of pyridine rings is 1. The van der Waals surface area contributed by atoms with E-state index < -0.39 is 0 Å². The van der Waals surface area contributed by atoms with Crippen LogP contribution in [0.25, 0.3) is 11.5 Å². The van der Waals surface area contributed by atoms with E-state index in [0.29, 0.717) is 38.0 Å². The van der Waals surface area contributed by atoms with Gasteiger partial charge in [-0.25, -0.2) is 4.98 Å². The molecule has 2 saturated heterocycles. The van der Waals surface area contributed by atoms with Crippen molar-refractivity contribution in [2.75, 3.05) is 37.7 Å². The zero-order chi connectivity index (χ0) is 21.8. The van der Waals surface area contributed by atoms with Crippen LogP contribution in [0.1, 0.15) is 38.4 Å². The van der Waals surface area contributed by atoms with E-state index in [4.69, 9.17) is 9.26 Å². The fourth-order valence-corrected chi connectivity index (χ4v) is 4.39. The van der Waals surface area contributed by atoms with Gasteiger partial charge in [0.1, 0.15) is 5.82 Å². The Hall–Kier alpha value is -2.97. The highest BCUT2D eigenvalue weighted by atomic mass is 16.5. The maximum Gasteiger partial charge on any atom is 0.310 e. The molecular formula is C22H29N5O4. The van der Waals surface area contributed by atoms with E-state index in [0.717, 1.165) is 43.6 Å². The molecule has 2 atom stereocenters. The number of anilines is 1. The van der Waals surface area contributed by atoms with Gasteiger partial charge in [0, 0.05) is 32.4 Å². The molecule has 0 aliphatic carbocycles. The van der Waals surface area contributed by atoms with Crippen LogP contribution >= 0.6 is 0 Å². The minimum Gasteiger partial charge on any atom is -0.466 e. The van der Waals surface area contributed by atoms with Crippen molar-refractivity contribution >= 4 is 17.7 Å². The molecule has 4 heterocycles. The van der Waals surface area contributed by atoms with Gasteiger partial charge in [0.05, 0.1) is 24.0 Å². The SMILES string of the molecule is CCOC(=O)C1CCCN(C(=O)C2CCCN(c3ccc(-c4nc(C)no4)cn3)C2)C1. The zero-order valence-electron chi connectivity index (χ0n) is 18.1. The van der Waals surface area contributed by atoms with Crippen LogP contribution in [0.5, 0.6) is 0 Å². The average Bonchev–Trinajstić information content (AvgIpc) is 3.25. The highest BCUT2D eigenvalue weighted by molar-refractivity contribution is 5.81. The van der Waals surface area contributed by atoms with Crippen LogP contribution in [-0.4, -0.2) is 64.7 Å². The number of hydrogen-bond acceptors (Lipinski definition) is 8. The van der Waals surface area contributed by atoms with Crippen LogP contribution in [0.3, 0.4) is 0 Å². The third-order valence-corrected chi connectivity index (χ3v) is 5.97. The van der Waals surface area contributed by atoms with Gasteiger partial charge in [0.2, 0.25) is 5.91 Å². The van der Waals surface area contributed by atoms with E-state index in [-0.39, 0.29) is 23.7 Å². The maximum atomic E-state index is 13.2. The number of carbonyl (C=O) groups is 2. The fraction of sp³-hybridized carbons (Fsp3) is 0.591. The molecule has 0 radical (unpaired) electrons. The number of carbonyl (C=O) groups excluding carboxylic acids is 2. The average molecular weight is 428 g/mol. The summed E-state index contributed by atoms with van der Waals surface area (Å²) in [6.07, 6.45) is 5.13. The van der Waals surface area contributed by atoms with Gasteiger partial charge in [-0.05, 0) is 51.7 Å². The molecule has 2 aromatic rings. The topological polar surface area (TPSA) is 102 Å². The molecule has 0 spiro atoms. The summed E-state index contributed by atoms with van der Waals surface area (Å²) in [7, 11) is 0. The summed E-state index contributed by atoms with van der Waals surface area (Å²) in [4.78, 5) is 38.1. The number of rotatable bonds is 5. The summed E-state index contributed by atoms with van der Waals surface area (Å²) in [5.74, 6) is 1.52. The summed E-state index contributed by atoms with van der Waals surface area (Å²) in [6, 6.07) is 3.84. The van der Waals surface area contributed by atoms with Crippen LogP contribution < -0.4 is 4.90 Å². The standard InChI is InChI=1S/C22H29N5O4/c1-3-30-22(29)18-7-5-11-27(14-18)21(28)17-6-4-10-26(13-17)19-9-8-16(12-23-19)20-24-15(2)25-31-20/h8-9,12,17-18H,3-7,10-11,13-14H2,1-2H3. The predicted molar refractivity (Wildman–Crippen MR) is 113 cm³/mol. The Kier molecular flexibility index (Phi) is 6.48. The third kappa shape index (κ3) is 4.86. The lowest BCUT2D eigenvalue weighted by molar-refractivity contribution is -0.152. The van der Waals surface area contributed by atoms with Crippen molar-refractivity contribution in [2.24, 2.45) is 11.8 Å². The number of nitrogens with zero attached hydrogens (tertiary/aromatic N) is 5. The lowest BCUT2D eigenvalue weighted by Crippen LogP contribution is -2.49. The van der Waals surface area contributed by atoms with E-state index >= 15 is 0 Å². The molecule has 166 valence electrons. The van der Waals surface area contributed by atoms with Crippen molar-refractivity contribution in [1.29, 1.82) is 0 Å². The van der Waals surface area contributed by atoms with Crippen molar-refractivity contribution in [3.63, 3.8) is 0 Å². The van der Waals surface area contributed by atoms with Crippen LogP contribution in [0, 0.1) is 18.8 Å². The Morgan fingerprint density at radius 3 is 2.68 bits per heavy atom. The molecule has 1 amide bonds. The molecule has 0 bridgehead atoms. The summed E-state index contributed by atoms with van der Waals surface area (Å²) in [6.45, 7) is 6.62. The number of hydrogen-bond donors (Lipinski definition) is 0. The Balaban J connectivity index is 1.39. The monoisotopic (exact) mass is 427 g/mol. The van der Waals surface area contributed by atoms with Crippen molar-refractivity contribution in [1.82, 2.24) is 20.0 Å². The molecule has 9 nitrogen and oxygen atoms in total. The zero-order valence-corrected chi connectivity index (χ0v) is 18.1. The summed E-state index contributed by atoms with van der Waals surface area (Å²) in [5, 5.41) is 3.81. The van der Waals surface area contributed by atoms with Crippen molar-refractivity contribution in [3.05, 3.63) is 24.2 Å². The van der Waals surface area contributed by atoms with Gasteiger partial charge in [0.15, 0.2) is 5.82 Å². The molecule has 0 N–H and O–H groups in total. The van der Waals surface area contributed by atoms with Gasteiger partial charge in [-0.2, -0.15) is 4.98 Å². The second-order valence-corrected chi connectivity index (χ2v) is 8.21. The largest absolute Gasteiger partial charge is 0.466 e. The van der Waals surface area contributed by atoms with Gasteiger partial charge in [-0.3, -0.25) is 9.59 Å². The van der Waals surface area contributed by atoms with Crippen LogP contribution in [0.15, 0.2) is 22.9 Å². The van der Waals surface area contributed by atoms with Gasteiger partial charge in [0.25, 0.3) is 5.89 Å². The third-order valence-electron chi connectivity index (χ3n) is 5.97. The normalized spacial score (nSPS) is 21.7. The number of piperidine rings is 2. The first-order valence-corrected chi connectivity index (χ1v) is 11.0. The minimum atomic E-state index is -0.208. The van der Waals surface area contributed by atoms with Crippen LogP contribution in [0.4, 0.5) is 5.82 Å². The molecule has 2 aliphatic heterocycles. The number of likely N-dealkylation sites (tertiary alicyclic amines) is 1. The van der Waals surface area contributed by atoms with E-state index in [1.807, 2.05) is 24.0 Å². The highest BCUT2D eigenvalue weighted by Gasteiger charge is 2.34. The molecule has 4 rings (SSSR count). The maximum absolute atomic E-state index is 13.2. The molecular weight excluding hydrogens is 398 g/mol. The molecule has 0 aromatic carbocycles. The molecule has 9 heteroatoms. The fourth-order valence-electron chi connectivity index (χ4n) is 4.39. The van der Waals surface area contributed by atoms with Crippen molar-refractivity contribution in [3.8, 4) is 11.5 Å². The van der Waals surface area contributed by atoms with Gasteiger partial charge in [-0.15, -0.1) is 0 Å². The Morgan fingerprint density at radius 2 is 1.97 bits per heavy atom. The van der Waals surface area contributed by atoms with E-state index in [1.54, 1.807) is 13.1 Å². The first kappa shape index (κ1) is 21.3. The van der Waals surface area contributed by atoms with Crippen molar-refractivity contribution in [2.45, 2.75) is 39.5 Å². The molecule has 2 aliphatic rings. The highest BCUT2D eigenvalue weighted by Crippen LogP contribution is 2.27. The quantitative estimate of drug-likeness (QED) is 0.671. The van der Waals surface area contributed by atoms with Gasteiger partial charge in [-0.1, -0.05) is 5.16 Å². The summed E-state index contributed by atoms with van der Waals surface area (Å²) >= 11 is 0. The number of ether oxygens (including phenoxy) is 1. The second-order valence-electron chi connectivity index (χ2n) is 8.21. The molecule has 31 heavy (non-hydrogen) atoms. The van der Waals surface area contributed by atoms with Crippen LogP contribution in [-0.2, 0) is 14.3 Å². The first-order chi connectivity index (χ1) is 15.0. The Labute approximate surface area is 181 Å². The molecule has 2 aromatic heterocycles. The summed E-state index contributed by atoms with van der Waals surface area (Å²) < 4.78 is 10.4. The minimum absolute atomic E-state index is 0.0882. The molecule has 2 unspecified atom stereocenters. The summed E-state index contributed by atoms with van der Waals surface area (Å²) in [5.41, 5.74) is 0.771. The molecule has 2 fully saturated rings. The molecule has 0 saturated carbocycles. The lowest BCUT2D eigenvalue weighted by Gasteiger charge is -2.38. The second kappa shape index (κ2) is 9.45. The number of aryl methyl sites for hydroxylation is 1. The van der Waals surface area contributed by atoms with Gasteiger partial charge >= 0.3 is 5.97 Å². The van der Waals surface area contributed by atoms with E-state index in [9.17, 15) is 9.59 Å². The van der Waals surface area contributed by atoms with Gasteiger partial charge < -0.3 is 19.1 Å².